The van der Waals surface area contributed by atoms with Gasteiger partial charge in [0, 0.05) is 31.3 Å². The van der Waals surface area contributed by atoms with Crippen molar-refractivity contribution >= 4 is 5.97 Å². The summed E-state index contributed by atoms with van der Waals surface area (Å²) < 4.78 is 10.6. The molecule has 2 rings (SSSR count). The maximum absolute atomic E-state index is 11.6. The quantitative estimate of drug-likeness (QED) is 0.716. The molecule has 0 heterocycles. The maximum Gasteiger partial charge on any atom is 0.321 e. The topological polar surface area (TPSA) is 85.0 Å². The van der Waals surface area contributed by atoms with Crippen LogP contribution in [0.15, 0.2) is 18.2 Å². The molecular weight excluding hydrogens is 284 g/mol. The molecule has 0 amide bonds. The van der Waals surface area contributed by atoms with Gasteiger partial charge in [-0.1, -0.05) is 6.07 Å². The standard InChI is InChI=1S/C16H24N2O4/c1-21-13-6-5-12(14(9-13)22-2)10-18(8-7-17)15(16(19)20)11-3-4-11/h5-6,9,11,15H,3-4,7-8,10,17H2,1-2H3,(H,19,20). The molecular formula is C16H24N2O4. The first-order valence-electron chi connectivity index (χ1n) is 7.48. The van der Waals surface area contributed by atoms with Gasteiger partial charge in [0.1, 0.15) is 17.5 Å². The van der Waals surface area contributed by atoms with Gasteiger partial charge in [0.25, 0.3) is 0 Å². The van der Waals surface area contributed by atoms with E-state index >= 15 is 0 Å². The van der Waals surface area contributed by atoms with Gasteiger partial charge >= 0.3 is 5.97 Å². The van der Waals surface area contributed by atoms with Crippen molar-refractivity contribution in [2.75, 3.05) is 27.3 Å². The monoisotopic (exact) mass is 308 g/mol. The fraction of sp³-hybridized carbons (Fsp3) is 0.562. The van der Waals surface area contributed by atoms with Gasteiger partial charge in [0.2, 0.25) is 0 Å². The van der Waals surface area contributed by atoms with Crippen LogP contribution in [0.4, 0.5) is 0 Å². The van der Waals surface area contributed by atoms with E-state index in [0.717, 1.165) is 18.4 Å². The van der Waals surface area contributed by atoms with Crippen molar-refractivity contribution in [3.05, 3.63) is 23.8 Å². The number of aliphatic carboxylic acids is 1. The predicted octanol–water partition coefficient (Wildman–Crippen LogP) is 1.33. The van der Waals surface area contributed by atoms with Gasteiger partial charge in [-0.2, -0.15) is 0 Å². The van der Waals surface area contributed by atoms with Gasteiger partial charge in [0.05, 0.1) is 14.2 Å². The number of nitrogens with two attached hydrogens (primary N) is 1. The van der Waals surface area contributed by atoms with E-state index in [-0.39, 0.29) is 5.92 Å². The molecule has 122 valence electrons. The van der Waals surface area contributed by atoms with Crippen LogP contribution in [-0.4, -0.2) is 49.3 Å². The molecule has 1 atom stereocenters. The van der Waals surface area contributed by atoms with E-state index in [1.165, 1.54) is 0 Å². The van der Waals surface area contributed by atoms with Crippen LogP contribution in [0.5, 0.6) is 11.5 Å². The molecule has 3 N–H and O–H groups in total. The van der Waals surface area contributed by atoms with Crippen LogP contribution in [0.2, 0.25) is 0 Å². The summed E-state index contributed by atoms with van der Waals surface area (Å²) >= 11 is 0. The summed E-state index contributed by atoms with van der Waals surface area (Å²) in [5.41, 5.74) is 6.61. The third kappa shape index (κ3) is 3.90. The Morgan fingerprint density at radius 3 is 2.64 bits per heavy atom. The highest BCUT2D eigenvalue weighted by Crippen LogP contribution is 2.36. The Morgan fingerprint density at radius 1 is 1.41 bits per heavy atom. The Bertz CT molecular complexity index is 517. The Kier molecular flexibility index (Phi) is 5.63. The number of methoxy groups -OCH3 is 2. The van der Waals surface area contributed by atoms with Crippen LogP contribution in [0.3, 0.4) is 0 Å². The fourth-order valence-electron chi connectivity index (χ4n) is 2.75. The molecule has 1 aromatic rings. The number of carboxylic acids is 1. The van der Waals surface area contributed by atoms with E-state index in [2.05, 4.69) is 0 Å². The Labute approximate surface area is 130 Å². The average Bonchev–Trinajstić information content (AvgIpc) is 3.32. The summed E-state index contributed by atoms with van der Waals surface area (Å²) in [6.07, 6.45) is 1.94. The second-order valence-electron chi connectivity index (χ2n) is 5.56. The highest BCUT2D eigenvalue weighted by molar-refractivity contribution is 5.74. The maximum atomic E-state index is 11.6. The van der Waals surface area contributed by atoms with E-state index in [1.54, 1.807) is 14.2 Å². The summed E-state index contributed by atoms with van der Waals surface area (Å²) in [6, 6.07) is 5.09. The number of carbonyl (C=O) groups is 1. The first kappa shape index (κ1) is 16.6. The zero-order valence-corrected chi connectivity index (χ0v) is 13.1. The molecule has 6 nitrogen and oxygen atoms in total. The number of nitrogens with zero attached hydrogens (tertiary/aromatic N) is 1. The molecule has 1 aromatic carbocycles. The zero-order chi connectivity index (χ0) is 16.1. The van der Waals surface area contributed by atoms with E-state index in [9.17, 15) is 9.90 Å². The number of benzene rings is 1. The van der Waals surface area contributed by atoms with Crippen molar-refractivity contribution in [2.24, 2.45) is 11.7 Å². The van der Waals surface area contributed by atoms with E-state index in [4.69, 9.17) is 15.2 Å². The molecule has 0 aromatic heterocycles. The molecule has 1 saturated carbocycles. The minimum atomic E-state index is -0.775. The minimum absolute atomic E-state index is 0.230. The molecule has 22 heavy (non-hydrogen) atoms. The largest absolute Gasteiger partial charge is 0.497 e. The molecule has 0 bridgehead atoms. The third-order valence-electron chi connectivity index (χ3n) is 4.00. The number of hydrogen-bond acceptors (Lipinski definition) is 5. The van der Waals surface area contributed by atoms with Crippen LogP contribution in [0.25, 0.3) is 0 Å². The molecule has 0 radical (unpaired) electrons. The van der Waals surface area contributed by atoms with Crippen LogP contribution in [0, 0.1) is 5.92 Å². The Hall–Kier alpha value is -1.79. The van der Waals surface area contributed by atoms with Gasteiger partial charge in [0.15, 0.2) is 0 Å². The highest BCUT2D eigenvalue weighted by Gasteiger charge is 2.40. The summed E-state index contributed by atoms with van der Waals surface area (Å²) in [7, 11) is 3.20. The molecule has 0 saturated heterocycles. The van der Waals surface area contributed by atoms with Crippen molar-refractivity contribution in [3.63, 3.8) is 0 Å². The third-order valence-corrected chi connectivity index (χ3v) is 4.00. The van der Waals surface area contributed by atoms with Gasteiger partial charge in [-0.15, -0.1) is 0 Å². The molecule has 0 aliphatic heterocycles. The number of ether oxygens (including phenoxy) is 2. The summed E-state index contributed by atoms with van der Waals surface area (Å²) in [6.45, 7) is 1.47. The molecule has 0 spiro atoms. The second-order valence-corrected chi connectivity index (χ2v) is 5.56. The van der Waals surface area contributed by atoms with Crippen LogP contribution < -0.4 is 15.2 Å². The lowest BCUT2D eigenvalue weighted by molar-refractivity contribution is -0.144. The van der Waals surface area contributed by atoms with Crippen molar-refractivity contribution in [1.29, 1.82) is 0 Å². The van der Waals surface area contributed by atoms with Crippen LogP contribution in [-0.2, 0) is 11.3 Å². The Balaban J connectivity index is 2.21. The SMILES string of the molecule is COc1ccc(CN(CCN)C(C(=O)O)C2CC2)c(OC)c1. The van der Waals surface area contributed by atoms with Crippen LogP contribution >= 0.6 is 0 Å². The van der Waals surface area contributed by atoms with Crippen molar-refractivity contribution in [3.8, 4) is 11.5 Å². The smallest absolute Gasteiger partial charge is 0.321 e. The molecule has 1 fully saturated rings. The number of carboxylic acid groups (broad SMARTS) is 1. The van der Waals surface area contributed by atoms with Gasteiger partial charge in [-0.25, -0.2) is 0 Å². The molecule has 6 heteroatoms. The minimum Gasteiger partial charge on any atom is -0.497 e. The second kappa shape index (κ2) is 7.47. The van der Waals surface area contributed by atoms with E-state index in [1.807, 2.05) is 23.1 Å². The summed E-state index contributed by atoms with van der Waals surface area (Å²) in [4.78, 5) is 13.5. The first-order chi connectivity index (χ1) is 10.6. The average molecular weight is 308 g/mol. The van der Waals surface area contributed by atoms with E-state index in [0.29, 0.717) is 31.1 Å². The first-order valence-corrected chi connectivity index (χ1v) is 7.48. The van der Waals surface area contributed by atoms with E-state index < -0.39 is 12.0 Å². The molecule has 1 unspecified atom stereocenters. The fourth-order valence-corrected chi connectivity index (χ4v) is 2.75. The van der Waals surface area contributed by atoms with Crippen molar-refractivity contribution in [2.45, 2.75) is 25.4 Å². The lowest BCUT2D eigenvalue weighted by Crippen LogP contribution is -2.44. The zero-order valence-electron chi connectivity index (χ0n) is 13.1. The lowest BCUT2D eigenvalue weighted by atomic mass is 10.1. The van der Waals surface area contributed by atoms with Gasteiger partial charge in [-0.3, -0.25) is 9.69 Å². The summed E-state index contributed by atoms with van der Waals surface area (Å²) in [5, 5.41) is 9.53. The number of rotatable bonds is 9. The highest BCUT2D eigenvalue weighted by atomic mass is 16.5. The van der Waals surface area contributed by atoms with Crippen molar-refractivity contribution < 1.29 is 19.4 Å². The van der Waals surface area contributed by atoms with Crippen molar-refractivity contribution in [1.82, 2.24) is 4.90 Å². The molecule has 1 aliphatic rings. The number of hydrogen-bond donors (Lipinski definition) is 2. The van der Waals surface area contributed by atoms with Gasteiger partial charge < -0.3 is 20.3 Å². The summed E-state index contributed by atoms with van der Waals surface area (Å²) in [5.74, 6) is 0.862. The normalized spacial score (nSPS) is 15.6. The Morgan fingerprint density at radius 2 is 2.14 bits per heavy atom. The van der Waals surface area contributed by atoms with Crippen LogP contribution in [0.1, 0.15) is 18.4 Å². The van der Waals surface area contributed by atoms with Gasteiger partial charge in [-0.05, 0) is 24.8 Å². The lowest BCUT2D eigenvalue weighted by Gasteiger charge is -2.29. The predicted molar refractivity (Wildman–Crippen MR) is 83.2 cm³/mol. The molecule has 1 aliphatic carbocycles.